The van der Waals surface area contributed by atoms with E-state index in [0.717, 1.165) is 24.1 Å². The highest BCUT2D eigenvalue weighted by Gasteiger charge is 2.39. The van der Waals surface area contributed by atoms with Crippen molar-refractivity contribution in [2.45, 2.75) is 69.9 Å². The zero-order valence-corrected chi connectivity index (χ0v) is 17.7. The fourth-order valence-electron chi connectivity index (χ4n) is 3.50. The Hall–Kier alpha value is -1.93. The third-order valence-corrected chi connectivity index (χ3v) is 6.36. The standard InChI is InChI=1S/C20H29N3O4S/c1-13-11-15-12-16(7-8-17(15)23(13)19(25)14-5-6-14)28(26,27)21-10-9-18(24)22-20(2,3)4/h7-8,12-14,21H,5-6,9-11H2,1-4H3,(H,22,24)/t13-/m0/s1. The van der Waals surface area contributed by atoms with E-state index < -0.39 is 10.0 Å². The molecule has 0 aromatic heterocycles. The number of hydrogen-bond acceptors (Lipinski definition) is 4. The summed E-state index contributed by atoms with van der Waals surface area (Å²) in [6.45, 7) is 7.64. The van der Waals surface area contributed by atoms with Crippen LogP contribution in [0.2, 0.25) is 0 Å². The fraction of sp³-hybridized carbons (Fsp3) is 0.600. The quantitative estimate of drug-likeness (QED) is 0.753. The van der Waals surface area contributed by atoms with Gasteiger partial charge in [0.1, 0.15) is 0 Å². The van der Waals surface area contributed by atoms with Gasteiger partial charge in [-0.25, -0.2) is 13.1 Å². The molecule has 0 radical (unpaired) electrons. The van der Waals surface area contributed by atoms with Gasteiger partial charge < -0.3 is 10.2 Å². The molecule has 1 aromatic carbocycles. The summed E-state index contributed by atoms with van der Waals surface area (Å²) in [4.78, 5) is 26.3. The number of sulfonamides is 1. The highest BCUT2D eigenvalue weighted by atomic mass is 32.2. The predicted molar refractivity (Wildman–Crippen MR) is 108 cm³/mol. The van der Waals surface area contributed by atoms with Crippen LogP contribution >= 0.6 is 0 Å². The molecule has 1 aliphatic carbocycles. The Labute approximate surface area is 166 Å². The van der Waals surface area contributed by atoms with Gasteiger partial charge in [0.25, 0.3) is 0 Å². The second-order valence-electron chi connectivity index (χ2n) is 8.77. The number of carbonyl (C=O) groups is 2. The van der Waals surface area contributed by atoms with E-state index in [9.17, 15) is 18.0 Å². The largest absolute Gasteiger partial charge is 0.351 e. The van der Waals surface area contributed by atoms with Gasteiger partial charge in [0.2, 0.25) is 21.8 Å². The molecule has 0 saturated heterocycles. The van der Waals surface area contributed by atoms with Crippen molar-refractivity contribution in [3.63, 3.8) is 0 Å². The minimum atomic E-state index is -3.71. The number of fused-ring (bicyclic) bond motifs is 1. The molecule has 2 amide bonds. The molecule has 154 valence electrons. The first-order valence-corrected chi connectivity index (χ1v) is 11.2. The third kappa shape index (κ3) is 4.72. The van der Waals surface area contributed by atoms with Gasteiger partial charge >= 0.3 is 0 Å². The summed E-state index contributed by atoms with van der Waals surface area (Å²) in [5.74, 6) is 0.0646. The summed E-state index contributed by atoms with van der Waals surface area (Å²) in [6.07, 6.45) is 2.60. The maximum Gasteiger partial charge on any atom is 0.240 e. The third-order valence-electron chi connectivity index (χ3n) is 4.90. The Bertz CT molecular complexity index is 885. The van der Waals surface area contributed by atoms with E-state index in [2.05, 4.69) is 10.0 Å². The average molecular weight is 408 g/mol. The SMILES string of the molecule is C[C@H]1Cc2cc(S(=O)(=O)NCCC(=O)NC(C)(C)C)ccc2N1C(=O)C1CC1. The zero-order chi connectivity index (χ0) is 20.7. The summed E-state index contributed by atoms with van der Waals surface area (Å²) in [6, 6.07) is 4.93. The molecule has 2 N–H and O–H groups in total. The van der Waals surface area contributed by atoms with E-state index in [1.807, 2.05) is 32.6 Å². The van der Waals surface area contributed by atoms with E-state index in [1.165, 1.54) is 6.07 Å². The number of hydrogen-bond donors (Lipinski definition) is 2. The molecule has 0 bridgehead atoms. The van der Waals surface area contributed by atoms with Crippen LogP contribution in [0.25, 0.3) is 0 Å². The maximum absolute atomic E-state index is 12.6. The molecule has 8 heteroatoms. The van der Waals surface area contributed by atoms with Gasteiger partial charge in [0.15, 0.2) is 0 Å². The number of benzene rings is 1. The van der Waals surface area contributed by atoms with Crippen LogP contribution in [0.5, 0.6) is 0 Å². The van der Waals surface area contributed by atoms with Crippen LogP contribution in [0.15, 0.2) is 23.1 Å². The van der Waals surface area contributed by atoms with Gasteiger partial charge in [0.05, 0.1) is 4.90 Å². The van der Waals surface area contributed by atoms with Gasteiger partial charge in [-0.3, -0.25) is 9.59 Å². The number of carbonyl (C=O) groups excluding carboxylic acids is 2. The lowest BCUT2D eigenvalue weighted by Crippen LogP contribution is -2.41. The topological polar surface area (TPSA) is 95.6 Å². The molecule has 1 fully saturated rings. The van der Waals surface area contributed by atoms with Crippen LogP contribution in [-0.4, -0.2) is 38.4 Å². The molecule has 1 aromatic rings. The lowest BCUT2D eigenvalue weighted by atomic mass is 10.1. The normalized spacial score (nSPS) is 19.4. The van der Waals surface area contributed by atoms with Gasteiger partial charge in [-0.2, -0.15) is 0 Å². The Morgan fingerprint density at radius 1 is 1.21 bits per heavy atom. The van der Waals surface area contributed by atoms with Gasteiger partial charge in [0, 0.05) is 36.2 Å². The van der Waals surface area contributed by atoms with Crippen molar-refractivity contribution in [2.75, 3.05) is 11.4 Å². The Morgan fingerprint density at radius 2 is 1.89 bits per heavy atom. The van der Waals surface area contributed by atoms with Crippen molar-refractivity contribution in [1.82, 2.24) is 10.0 Å². The summed E-state index contributed by atoms with van der Waals surface area (Å²) < 4.78 is 27.7. The smallest absolute Gasteiger partial charge is 0.240 e. The van der Waals surface area contributed by atoms with E-state index in [-0.39, 0.29) is 47.2 Å². The zero-order valence-electron chi connectivity index (χ0n) is 16.9. The molecule has 1 aliphatic heterocycles. The van der Waals surface area contributed by atoms with Crippen molar-refractivity contribution in [3.05, 3.63) is 23.8 Å². The predicted octanol–water partition coefficient (Wildman–Crippen LogP) is 1.96. The number of rotatable bonds is 6. The lowest BCUT2D eigenvalue weighted by Gasteiger charge is -2.22. The number of anilines is 1. The molecule has 1 heterocycles. The van der Waals surface area contributed by atoms with Gasteiger partial charge in [-0.1, -0.05) is 0 Å². The number of nitrogens with zero attached hydrogens (tertiary/aromatic N) is 1. The first kappa shape index (κ1) is 20.8. The van der Waals surface area contributed by atoms with Crippen molar-refractivity contribution in [2.24, 2.45) is 5.92 Å². The molecule has 28 heavy (non-hydrogen) atoms. The summed E-state index contributed by atoms with van der Waals surface area (Å²) in [7, 11) is -3.71. The second kappa shape index (κ2) is 7.48. The molecule has 0 unspecified atom stereocenters. The first-order chi connectivity index (χ1) is 13.0. The van der Waals surface area contributed by atoms with Crippen LogP contribution < -0.4 is 14.9 Å². The highest BCUT2D eigenvalue weighted by molar-refractivity contribution is 7.89. The van der Waals surface area contributed by atoms with Crippen molar-refractivity contribution in [3.8, 4) is 0 Å². The van der Waals surface area contributed by atoms with E-state index in [0.29, 0.717) is 6.42 Å². The Balaban J connectivity index is 1.66. The van der Waals surface area contributed by atoms with Gasteiger partial charge in [-0.15, -0.1) is 0 Å². The van der Waals surface area contributed by atoms with Crippen LogP contribution in [0.4, 0.5) is 5.69 Å². The maximum atomic E-state index is 12.6. The van der Waals surface area contributed by atoms with Crippen LogP contribution in [0.3, 0.4) is 0 Å². The van der Waals surface area contributed by atoms with E-state index in [1.54, 1.807) is 12.1 Å². The van der Waals surface area contributed by atoms with Crippen molar-refractivity contribution in [1.29, 1.82) is 0 Å². The Kier molecular flexibility index (Phi) is 5.55. The first-order valence-electron chi connectivity index (χ1n) is 9.74. The summed E-state index contributed by atoms with van der Waals surface area (Å²) in [5.41, 5.74) is 1.33. The second-order valence-corrected chi connectivity index (χ2v) is 10.5. The van der Waals surface area contributed by atoms with Crippen molar-refractivity contribution < 1.29 is 18.0 Å². The molecule has 1 saturated carbocycles. The van der Waals surface area contributed by atoms with E-state index >= 15 is 0 Å². The number of nitrogens with one attached hydrogen (secondary N) is 2. The molecule has 3 rings (SSSR count). The van der Waals surface area contributed by atoms with Crippen LogP contribution in [-0.2, 0) is 26.0 Å². The van der Waals surface area contributed by atoms with Crippen molar-refractivity contribution >= 4 is 27.5 Å². The molecular formula is C20H29N3O4S. The van der Waals surface area contributed by atoms with Gasteiger partial charge in [-0.05, 0) is 70.7 Å². The average Bonchev–Trinajstić information content (AvgIpc) is 3.34. The summed E-state index contributed by atoms with van der Waals surface area (Å²) in [5, 5.41) is 2.80. The molecule has 1 atom stereocenters. The highest BCUT2D eigenvalue weighted by Crippen LogP contribution is 2.39. The minimum absolute atomic E-state index is 0.0318. The monoisotopic (exact) mass is 407 g/mol. The minimum Gasteiger partial charge on any atom is -0.351 e. The summed E-state index contributed by atoms with van der Waals surface area (Å²) >= 11 is 0. The molecular weight excluding hydrogens is 378 g/mol. The fourth-order valence-corrected chi connectivity index (χ4v) is 4.58. The number of amides is 2. The van der Waals surface area contributed by atoms with E-state index in [4.69, 9.17) is 0 Å². The Morgan fingerprint density at radius 3 is 2.50 bits per heavy atom. The molecule has 7 nitrogen and oxygen atoms in total. The molecule has 0 spiro atoms. The van der Waals surface area contributed by atoms with Crippen LogP contribution in [0.1, 0.15) is 52.5 Å². The van der Waals surface area contributed by atoms with Crippen LogP contribution in [0, 0.1) is 5.92 Å². The molecule has 2 aliphatic rings. The lowest BCUT2D eigenvalue weighted by molar-refractivity contribution is -0.122.